The van der Waals surface area contributed by atoms with E-state index in [1.54, 1.807) is 18.7 Å². The van der Waals surface area contributed by atoms with Crippen LogP contribution in [0.3, 0.4) is 0 Å². The molecule has 0 spiro atoms. The van der Waals surface area contributed by atoms with Gasteiger partial charge in [0.05, 0.1) is 6.61 Å². The zero-order chi connectivity index (χ0) is 15.3. The summed E-state index contributed by atoms with van der Waals surface area (Å²) in [5.74, 6) is 0.511. The number of hydrogen-bond acceptors (Lipinski definition) is 3. The van der Waals surface area contributed by atoms with Gasteiger partial charge in [-0.1, -0.05) is 13.8 Å². The van der Waals surface area contributed by atoms with Gasteiger partial charge in [0.1, 0.15) is 5.54 Å². The fourth-order valence-electron chi connectivity index (χ4n) is 2.30. The second kappa shape index (κ2) is 7.07. The van der Waals surface area contributed by atoms with Gasteiger partial charge in [-0.25, -0.2) is 0 Å². The predicted molar refractivity (Wildman–Crippen MR) is 78.3 cm³/mol. The zero-order valence-electron chi connectivity index (χ0n) is 13.4. The van der Waals surface area contributed by atoms with Crippen LogP contribution in [-0.2, 0) is 14.3 Å². The summed E-state index contributed by atoms with van der Waals surface area (Å²) in [6, 6.07) is -0.0852. The van der Waals surface area contributed by atoms with Gasteiger partial charge in [-0.2, -0.15) is 0 Å². The van der Waals surface area contributed by atoms with E-state index in [2.05, 4.69) is 19.2 Å². The molecule has 1 heterocycles. The van der Waals surface area contributed by atoms with Crippen molar-refractivity contribution in [1.29, 1.82) is 0 Å². The summed E-state index contributed by atoms with van der Waals surface area (Å²) in [6.07, 6.45) is 1.37. The lowest BCUT2D eigenvalue weighted by Gasteiger charge is -2.31. The van der Waals surface area contributed by atoms with Gasteiger partial charge in [0.25, 0.3) is 0 Å². The molecule has 0 radical (unpaired) electrons. The molecule has 1 aliphatic heterocycles. The van der Waals surface area contributed by atoms with Gasteiger partial charge in [-0.15, -0.1) is 0 Å². The second-order valence-corrected chi connectivity index (χ2v) is 6.52. The summed E-state index contributed by atoms with van der Waals surface area (Å²) in [5.41, 5.74) is -0.834. The minimum atomic E-state index is -0.834. The molecule has 0 bridgehead atoms. The van der Waals surface area contributed by atoms with E-state index in [1.165, 1.54) is 0 Å². The Hall–Kier alpha value is -1.10. The molecule has 0 saturated carbocycles. The first-order chi connectivity index (χ1) is 9.24. The summed E-state index contributed by atoms with van der Waals surface area (Å²) in [5, 5.41) is 2.77. The van der Waals surface area contributed by atoms with Crippen LogP contribution in [-0.4, -0.2) is 48.1 Å². The van der Waals surface area contributed by atoms with E-state index in [0.29, 0.717) is 32.1 Å². The number of hydrogen-bond donors (Lipinski definition) is 1. The van der Waals surface area contributed by atoms with Crippen molar-refractivity contribution in [2.24, 2.45) is 5.92 Å². The summed E-state index contributed by atoms with van der Waals surface area (Å²) in [6.45, 7) is 11.5. The molecule has 1 N–H and O–H groups in total. The fourth-order valence-corrected chi connectivity index (χ4v) is 2.30. The number of nitrogens with one attached hydrogen (secondary N) is 1. The number of carbonyl (C=O) groups excluding carboxylic acids is 2. The van der Waals surface area contributed by atoms with Crippen LogP contribution in [0.2, 0.25) is 0 Å². The standard InChI is InChI=1S/C15H28N2O3/c1-11(2)6-8-20-9-7-17-12(3)10-13(18)16-15(4,5)14(17)19/h11-12H,6-10H2,1-5H3,(H,16,18). The summed E-state index contributed by atoms with van der Waals surface area (Å²) in [7, 11) is 0. The predicted octanol–water partition coefficient (Wildman–Crippen LogP) is 1.56. The van der Waals surface area contributed by atoms with Gasteiger partial charge in [0, 0.05) is 25.6 Å². The molecule has 1 aliphatic rings. The van der Waals surface area contributed by atoms with E-state index in [0.717, 1.165) is 6.42 Å². The molecule has 0 aromatic carbocycles. The van der Waals surface area contributed by atoms with Crippen molar-refractivity contribution in [3.05, 3.63) is 0 Å². The Bertz CT molecular complexity index is 353. The third-order valence-electron chi connectivity index (χ3n) is 3.58. The summed E-state index contributed by atoms with van der Waals surface area (Å²) >= 11 is 0. The van der Waals surface area contributed by atoms with Gasteiger partial charge in [-0.05, 0) is 33.1 Å². The highest BCUT2D eigenvalue weighted by molar-refractivity contribution is 5.93. The Morgan fingerprint density at radius 3 is 2.60 bits per heavy atom. The van der Waals surface area contributed by atoms with Crippen molar-refractivity contribution < 1.29 is 14.3 Å². The number of ether oxygens (including phenoxy) is 1. The normalized spacial score (nSPS) is 22.9. The van der Waals surface area contributed by atoms with E-state index in [1.807, 2.05) is 6.92 Å². The Kier molecular flexibility index (Phi) is 5.99. The van der Waals surface area contributed by atoms with Crippen molar-refractivity contribution in [2.45, 2.75) is 59.0 Å². The maximum absolute atomic E-state index is 12.5. The third-order valence-corrected chi connectivity index (χ3v) is 3.58. The molecule has 116 valence electrons. The van der Waals surface area contributed by atoms with Crippen molar-refractivity contribution >= 4 is 11.8 Å². The molecule has 5 heteroatoms. The van der Waals surface area contributed by atoms with Crippen molar-refractivity contribution in [1.82, 2.24) is 10.2 Å². The van der Waals surface area contributed by atoms with Gasteiger partial charge >= 0.3 is 0 Å². The van der Waals surface area contributed by atoms with Crippen LogP contribution >= 0.6 is 0 Å². The molecular formula is C15H28N2O3. The molecular weight excluding hydrogens is 256 g/mol. The van der Waals surface area contributed by atoms with Crippen LogP contribution in [0.4, 0.5) is 0 Å². The quantitative estimate of drug-likeness (QED) is 0.753. The van der Waals surface area contributed by atoms with Crippen LogP contribution in [0.5, 0.6) is 0 Å². The van der Waals surface area contributed by atoms with Crippen molar-refractivity contribution in [2.75, 3.05) is 19.8 Å². The molecule has 0 aromatic heterocycles. The number of amides is 2. The lowest BCUT2D eigenvalue weighted by molar-refractivity contribution is -0.139. The number of rotatable bonds is 6. The van der Waals surface area contributed by atoms with Crippen molar-refractivity contribution in [3.8, 4) is 0 Å². The van der Waals surface area contributed by atoms with E-state index in [9.17, 15) is 9.59 Å². The largest absolute Gasteiger partial charge is 0.380 e. The van der Waals surface area contributed by atoms with Gasteiger partial charge in [0.15, 0.2) is 0 Å². The first kappa shape index (κ1) is 17.0. The zero-order valence-corrected chi connectivity index (χ0v) is 13.4. The van der Waals surface area contributed by atoms with Crippen molar-refractivity contribution in [3.63, 3.8) is 0 Å². The Labute approximate surface area is 122 Å². The lowest BCUT2D eigenvalue weighted by atomic mass is 10.0. The van der Waals surface area contributed by atoms with Gasteiger partial charge in [-0.3, -0.25) is 9.59 Å². The van der Waals surface area contributed by atoms with Gasteiger partial charge < -0.3 is 15.0 Å². The molecule has 1 rings (SSSR count). The topological polar surface area (TPSA) is 58.6 Å². The summed E-state index contributed by atoms with van der Waals surface area (Å²) < 4.78 is 5.58. The Balaban J connectivity index is 2.53. The monoisotopic (exact) mass is 284 g/mol. The SMILES string of the molecule is CC(C)CCOCCN1C(=O)C(C)(C)NC(=O)CC1C. The Morgan fingerprint density at radius 1 is 1.35 bits per heavy atom. The van der Waals surface area contributed by atoms with E-state index >= 15 is 0 Å². The van der Waals surface area contributed by atoms with Crippen LogP contribution < -0.4 is 5.32 Å². The third kappa shape index (κ3) is 4.78. The highest BCUT2D eigenvalue weighted by atomic mass is 16.5. The average Bonchev–Trinajstić information content (AvgIpc) is 2.37. The molecule has 0 aromatic rings. The van der Waals surface area contributed by atoms with Crippen LogP contribution in [0.1, 0.15) is 47.5 Å². The molecule has 0 aliphatic carbocycles. The molecule has 1 saturated heterocycles. The highest BCUT2D eigenvalue weighted by Crippen LogP contribution is 2.17. The van der Waals surface area contributed by atoms with Crippen LogP contribution in [0, 0.1) is 5.92 Å². The first-order valence-electron chi connectivity index (χ1n) is 7.44. The molecule has 2 amide bonds. The molecule has 1 fully saturated rings. The highest BCUT2D eigenvalue weighted by Gasteiger charge is 2.39. The number of nitrogens with zero attached hydrogens (tertiary/aromatic N) is 1. The molecule has 1 atom stereocenters. The van der Waals surface area contributed by atoms with E-state index in [-0.39, 0.29) is 17.9 Å². The molecule has 5 nitrogen and oxygen atoms in total. The fraction of sp³-hybridized carbons (Fsp3) is 0.867. The second-order valence-electron chi connectivity index (χ2n) is 6.52. The first-order valence-corrected chi connectivity index (χ1v) is 7.44. The molecule has 20 heavy (non-hydrogen) atoms. The average molecular weight is 284 g/mol. The maximum Gasteiger partial charge on any atom is 0.248 e. The molecule has 1 unspecified atom stereocenters. The minimum Gasteiger partial charge on any atom is -0.380 e. The lowest BCUT2D eigenvalue weighted by Crippen LogP contribution is -2.54. The number of carbonyl (C=O) groups is 2. The van der Waals surface area contributed by atoms with E-state index in [4.69, 9.17) is 4.74 Å². The minimum absolute atomic E-state index is 0.0386. The van der Waals surface area contributed by atoms with Gasteiger partial charge in [0.2, 0.25) is 11.8 Å². The maximum atomic E-state index is 12.5. The summed E-state index contributed by atoms with van der Waals surface area (Å²) in [4.78, 5) is 25.9. The smallest absolute Gasteiger partial charge is 0.248 e. The van der Waals surface area contributed by atoms with Crippen LogP contribution in [0.15, 0.2) is 0 Å². The Morgan fingerprint density at radius 2 is 2.00 bits per heavy atom. The van der Waals surface area contributed by atoms with Crippen LogP contribution in [0.25, 0.3) is 0 Å². The van der Waals surface area contributed by atoms with E-state index < -0.39 is 5.54 Å².